The zero-order valence-electron chi connectivity index (χ0n) is 7.15. The summed E-state index contributed by atoms with van der Waals surface area (Å²) in [6.45, 7) is 0. The molecule has 1 rings (SSSR count). The molecule has 6 heteroatoms. The van der Waals surface area contributed by atoms with Crippen molar-refractivity contribution >= 4 is 17.9 Å². The van der Waals surface area contributed by atoms with Crippen molar-refractivity contribution < 1.29 is 18.7 Å². The minimum Gasteiger partial charge on any atom is -0.465 e. The van der Waals surface area contributed by atoms with Gasteiger partial charge in [-0.3, -0.25) is 0 Å². The van der Waals surface area contributed by atoms with Crippen LogP contribution in [0.2, 0.25) is 0 Å². The average Bonchev–Trinajstić information content (AvgIpc) is 2.20. The first-order chi connectivity index (χ1) is 6.70. The van der Waals surface area contributed by atoms with Gasteiger partial charge in [-0.25, -0.2) is 19.0 Å². The van der Waals surface area contributed by atoms with Gasteiger partial charge < -0.3 is 4.74 Å². The highest BCUT2D eigenvalue weighted by atomic mass is 19.1. The van der Waals surface area contributed by atoms with Crippen molar-refractivity contribution in [2.45, 2.75) is 0 Å². The number of aliphatic imine (C=N–C) groups is 1. The van der Waals surface area contributed by atoms with E-state index in [1.54, 1.807) is 0 Å². The number of pyridine rings is 1. The van der Waals surface area contributed by atoms with Crippen LogP contribution in [0.4, 0.5) is 10.2 Å². The average molecular weight is 196 g/mol. The predicted octanol–water partition coefficient (Wildman–Crippen LogP) is 0.975. The van der Waals surface area contributed by atoms with Gasteiger partial charge in [-0.05, 0) is 6.07 Å². The first kappa shape index (κ1) is 10.0. The third-order valence-electron chi connectivity index (χ3n) is 1.43. The molecule has 14 heavy (non-hydrogen) atoms. The molecule has 5 nitrogen and oxygen atoms in total. The van der Waals surface area contributed by atoms with Crippen LogP contribution in [-0.2, 0) is 9.53 Å². The maximum Gasteiger partial charge on any atom is 0.341 e. The number of isocyanates is 1. The Morgan fingerprint density at radius 2 is 2.43 bits per heavy atom. The number of nitrogens with zero attached hydrogens (tertiary/aromatic N) is 2. The quantitative estimate of drug-likeness (QED) is 0.401. The van der Waals surface area contributed by atoms with Crippen LogP contribution in [0, 0.1) is 5.82 Å². The van der Waals surface area contributed by atoms with Gasteiger partial charge in [-0.2, -0.15) is 0 Å². The summed E-state index contributed by atoms with van der Waals surface area (Å²) < 4.78 is 17.6. The van der Waals surface area contributed by atoms with Gasteiger partial charge in [0.2, 0.25) is 11.9 Å². The standard InChI is InChI=1S/C8H5FN2O3/c1-14-8(13)5-2-3-10-7(6(5)9)11-4-12/h2-3H,1H3. The zero-order chi connectivity index (χ0) is 10.6. The third-order valence-corrected chi connectivity index (χ3v) is 1.43. The Morgan fingerprint density at radius 1 is 1.71 bits per heavy atom. The number of carbonyl (C=O) groups excluding carboxylic acids is 2. The van der Waals surface area contributed by atoms with Crippen molar-refractivity contribution in [3.8, 4) is 0 Å². The van der Waals surface area contributed by atoms with Crippen molar-refractivity contribution in [3.05, 3.63) is 23.6 Å². The van der Waals surface area contributed by atoms with Crippen LogP contribution >= 0.6 is 0 Å². The molecule has 1 aromatic heterocycles. The Labute approximate surface area is 78.2 Å². The topological polar surface area (TPSA) is 68.6 Å². The largest absolute Gasteiger partial charge is 0.465 e. The van der Waals surface area contributed by atoms with E-state index in [1.165, 1.54) is 0 Å². The molecule has 0 aromatic carbocycles. The Kier molecular flexibility index (Phi) is 3.04. The molecule has 0 aliphatic heterocycles. The molecule has 0 spiro atoms. The van der Waals surface area contributed by atoms with Crippen molar-refractivity contribution in [2.24, 2.45) is 4.99 Å². The molecular formula is C8H5FN2O3. The molecule has 0 saturated carbocycles. The zero-order valence-corrected chi connectivity index (χ0v) is 7.15. The number of hydrogen-bond acceptors (Lipinski definition) is 5. The van der Waals surface area contributed by atoms with Gasteiger partial charge in [0, 0.05) is 6.20 Å². The molecule has 0 amide bonds. The highest BCUT2D eigenvalue weighted by Crippen LogP contribution is 2.17. The SMILES string of the molecule is COC(=O)c1ccnc(N=C=O)c1F. The number of hydrogen-bond donors (Lipinski definition) is 0. The summed E-state index contributed by atoms with van der Waals surface area (Å²) in [4.78, 5) is 27.2. The van der Waals surface area contributed by atoms with Gasteiger partial charge in [-0.15, -0.1) is 4.99 Å². The number of ether oxygens (including phenoxy) is 1. The van der Waals surface area contributed by atoms with Gasteiger partial charge in [0.05, 0.1) is 7.11 Å². The normalized spacial score (nSPS) is 9.00. The summed E-state index contributed by atoms with van der Waals surface area (Å²) in [6, 6.07) is 1.13. The number of carbonyl (C=O) groups is 1. The van der Waals surface area contributed by atoms with Crippen LogP contribution in [0.5, 0.6) is 0 Å². The lowest BCUT2D eigenvalue weighted by molar-refractivity contribution is 0.0595. The lowest BCUT2D eigenvalue weighted by atomic mass is 10.2. The van der Waals surface area contributed by atoms with E-state index in [-0.39, 0.29) is 5.56 Å². The maximum absolute atomic E-state index is 13.3. The maximum atomic E-state index is 13.3. The molecule has 0 aliphatic rings. The van der Waals surface area contributed by atoms with Gasteiger partial charge in [-0.1, -0.05) is 0 Å². The van der Waals surface area contributed by atoms with Crippen LogP contribution < -0.4 is 0 Å². The molecular weight excluding hydrogens is 191 g/mol. The van der Waals surface area contributed by atoms with Crippen LogP contribution in [0.1, 0.15) is 10.4 Å². The van der Waals surface area contributed by atoms with E-state index in [2.05, 4.69) is 14.7 Å². The molecule has 72 valence electrons. The molecule has 0 radical (unpaired) electrons. The van der Waals surface area contributed by atoms with E-state index in [9.17, 15) is 14.0 Å². The highest BCUT2D eigenvalue weighted by Gasteiger charge is 2.15. The highest BCUT2D eigenvalue weighted by molar-refractivity contribution is 5.90. The van der Waals surface area contributed by atoms with E-state index in [1.807, 2.05) is 0 Å². The number of rotatable bonds is 2. The number of methoxy groups -OCH3 is 1. The molecule has 1 aromatic rings. The van der Waals surface area contributed by atoms with Crippen molar-refractivity contribution in [1.29, 1.82) is 0 Å². The fraction of sp³-hybridized carbons (Fsp3) is 0.125. The van der Waals surface area contributed by atoms with E-state index < -0.39 is 17.6 Å². The summed E-state index contributed by atoms with van der Waals surface area (Å²) in [5.74, 6) is -2.34. The molecule has 1 heterocycles. The van der Waals surface area contributed by atoms with E-state index in [0.29, 0.717) is 0 Å². The molecule has 0 atom stereocenters. The first-order valence-corrected chi connectivity index (χ1v) is 3.51. The smallest absolute Gasteiger partial charge is 0.341 e. The summed E-state index contributed by atoms with van der Waals surface area (Å²) >= 11 is 0. The van der Waals surface area contributed by atoms with Crippen LogP contribution in [0.15, 0.2) is 17.3 Å². The second-order valence-electron chi connectivity index (χ2n) is 2.19. The van der Waals surface area contributed by atoms with Crippen LogP contribution in [-0.4, -0.2) is 24.1 Å². The fourth-order valence-electron chi connectivity index (χ4n) is 0.821. The second kappa shape index (κ2) is 4.25. The minimum atomic E-state index is -0.997. The minimum absolute atomic E-state index is 0.323. The van der Waals surface area contributed by atoms with Crippen molar-refractivity contribution in [3.63, 3.8) is 0 Å². The Morgan fingerprint density at radius 3 is 3.00 bits per heavy atom. The van der Waals surface area contributed by atoms with Crippen LogP contribution in [0.25, 0.3) is 0 Å². The predicted molar refractivity (Wildman–Crippen MR) is 43.3 cm³/mol. The molecule has 0 fully saturated rings. The van der Waals surface area contributed by atoms with Crippen LogP contribution in [0.3, 0.4) is 0 Å². The van der Waals surface area contributed by atoms with Gasteiger partial charge in [0.1, 0.15) is 5.56 Å². The van der Waals surface area contributed by atoms with Gasteiger partial charge in [0.15, 0.2) is 5.82 Å². The molecule has 0 unspecified atom stereocenters. The van der Waals surface area contributed by atoms with E-state index >= 15 is 0 Å². The number of esters is 1. The van der Waals surface area contributed by atoms with E-state index in [4.69, 9.17) is 0 Å². The third kappa shape index (κ3) is 1.81. The first-order valence-electron chi connectivity index (χ1n) is 3.51. The van der Waals surface area contributed by atoms with Crippen molar-refractivity contribution in [2.75, 3.05) is 7.11 Å². The van der Waals surface area contributed by atoms with Crippen molar-refractivity contribution in [1.82, 2.24) is 4.98 Å². The molecule has 0 saturated heterocycles. The van der Waals surface area contributed by atoms with E-state index in [0.717, 1.165) is 25.5 Å². The van der Waals surface area contributed by atoms with Gasteiger partial charge in [0.25, 0.3) is 0 Å². The number of halogens is 1. The van der Waals surface area contributed by atoms with Gasteiger partial charge >= 0.3 is 5.97 Å². The summed E-state index contributed by atoms with van der Waals surface area (Å²) in [7, 11) is 1.12. The lowest BCUT2D eigenvalue weighted by Crippen LogP contribution is -2.04. The molecule has 0 bridgehead atoms. The fourth-order valence-corrected chi connectivity index (χ4v) is 0.821. The number of aromatic nitrogens is 1. The summed E-state index contributed by atoms with van der Waals surface area (Å²) in [5, 5.41) is 0. The Balaban J connectivity index is 3.26. The molecule has 0 N–H and O–H groups in total. The lowest BCUT2D eigenvalue weighted by Gasteiger charge is -2.00. The summed E-state index contributed by atoms with van der Waals surface area (Å²) in [5.41, 5.74) is -0.323. The molecule has 0 aliphatic carbocycles. The Bertz CT molecular complexity index is 413. The monoisotopic (exact) mass is 196 g/mol. The Hall–Kier alpha value is -2.07. The summed E-state index contributed by atoms with van der Waals surface area (Å²) in [6.07, 6.45) is 2.27. The second-order valence-corrected chi connectivity index (χ2v) is 2.19.